The third-order valence-corrected chi connectivity index (χ3v) is 4.95. The summed E-state index contributed by atoms with van der Waals surface area (Å²) in [6, 6.07) is 8.35. The van der Waals surface area contributed by atoms with Gasteiger partial charge in [-0.2, -0.15) is 5.10 Å². The van der Waals surface area contributed by atoms with Gasteiger partial charge in [-0.15, -0.1) is 0 Å². The van der Waals surface area contributed by atoms with E-state index in [1.807, 2.05) is 23.9 Å². The minimum Gasteiger partial charge on any atom is -0.447 e. The Labute approximate surface area is 148 Å². The minimum absolute atomic E-state index is 0.247. The highest BCUT2D eigenvalue weighted by Crippen LogP contribution is 2.22. The number of aromatic nitrogens is 2. The van der Waals surface area contributed by atoms with Crippen LogP contribution < -0.4 is 10.2 Å². The number of cyclic esters (lactones) is 1. The fraction of sp³-hybridized carbons (Fsp3) is 0.474. The van der Waals surface area contributed by atoms with Crippen molar-refractivity contribution in [3.63, 3.8) is 0 Å². The van der Waals surface area contributed by atoms with Gasteiger partial charge in [-0.3, -0.25) is 9.58 Å². The first-order chi connectivity index (χ1) is 12.0. The number of aryl methyl sites for hydroxylation is 2. The van der Waals surface area contributed by atoms with Crippen molar-refractivity contribution in [1.82, 2.24) is 15.1 Å². The van der Waals surface area contributed by atoms with Crippen LogP contribution in [0.1, 0.15) is 35.5 Å². The molecule has 25 heavy (non-hydrogen) atoms. The number of hydrogen-bond donors (Lipinski definition) is 1. The van der Waals surface area contributed by atoms with Gasteiger partial charge in [-0.25, -0.2) is 4.79 Å². The highest BCUT2D eigenvalue weighted by Gasteiger charge is 2.23. The van der Waals surface area contributed by atoms with E-state index in [1.165, 1.54) is 16.8 Å². The number of carbonyl (C=O) groups excluding carboxylic acids is 1. The summed E-state index contributed by atoms with van der Waals surface area (Å²) < 4.78 is 6.92. The van der Waals surface area contributed by atoms with Gasteiger partial charge in [0.2, 0.25) is 0 Å². The van der Waals surface area contributed by atoms with Crippen molar-refractivity contribution in [1.29, 1.82) is 0 Å². The van der Waals surface area contributed by atoms with E-state index in [1.54, 1.807) is 4.90 Å². The Hall–Kier alpha value is -2.34. The molecule has 0 radical (unpaired) electrons. The monoisotopic (exact) mass is 342 g/mol. The van der Waals surface area contributed by atoms with Crippen molar-refractivity contribution in [3.8, 4) is 0 Å². The molecule has 1 aliphatic rings. The van der Waals surface area contributed by atoms with Crippen molar-refractivity contribution < 1.29 is 9.53 Å². The number of rotatable bonds is 6. The lowest BCUT2D eigenvalue weighted by Crippen LogP contribution is -2.24. The second-order valence-electron chi connectivity index (χ2n) is 6.56. The predicted octanol–water partition coefficient (Wildman–Crippen LogP) is 2.89. The lowest BCUT2D eigenvalue weighted by Gasteiger charge is -2.17. The molecule has 1 aromatic carbocycles. The zero-order valence-electron chi connectivity index (χ0n) is 15.4. The first-order valence-corrected chi connectivity index (χ1v) is 8.74. The number of nitrogens with zero attached hydrogens (tertiary/aromatic N) is 3. The van der Waals surface area contributed by atoms with Gasteiger partial charge < -0.3 is 10.1 Å². The molecule has 6 heteroatoms. The maximum atomic E-state index is 11.6. The molecular weight excluding hydrogens is 316 g/mol. The Morgan fingerprint density at radius 2 is 2.00 bits per heavy atom. The summed E-state index contributed by atoms with van der Waals surface area (Å²) in [5.74, 6) is 0. The molecule has 134 valence electrons. The van der Waals surface area contributed by atoms with Crippen LogP contribution in [-0.2, 0) is 18.2 Å². The lowest BCUT2D eigenvalue weighted by molar-refractivity contribution is 0.181. The van der Waals surface area contributed by atoms with E-state index in [2.05, 4.69) is 43.3 Å². The Balaban J connectivity index is 1.56. The standard InChI is InChI=1S/C19H26N4O2/c1-13(20-10-9-18-14(2)21-22(4)15(18)3)16-5-7-17(8-6-16)23-11-12-25-19(23)24/h5-8,13,20H,9-12H2,1-4H3/t13-/m1/s1. The summed E-state index contributed by atoms with van der Waals surface area (Å²) in [6.45, 7) is 8.31. The van der Waals surface area contributed by atoms with Crippen molar-refractivity contribution in [2.45, 2.75) is 33.2 Å². The average molecular weight is 342 g/mol. The average Bonchev–Trinajstić information content (AvgIpc) is 3.13. The van der Waals surface area contributed by atoms with E-state index in [9.17, 15) is 4.79 Å². The number of nitrogens with one attached hydrogen (secondary N) is 1. The van der Waals surface area contributed by atoms with Gasteiger partial charge in [0, 0.05) is 24.5 Å². The van der Waals surface area contributed by atoms with Crippen molar-refractivity contribution in [2.75, 3.05) is 24.6 Å². The molecule has 1 N–H and O–H groups in total. The molecule has 1 fully saturated rings. The predicted molar refractivity (Wildman–Crippen MR) is 97.9 cm³/mol. The van der Waals surface area contributed by atoms with E-state index in [0.29, 0.717) is 13.2 Å². The van der Waals surface area contributed by atoms with Crippen LogP contribution in [0.15, 0.2) is 24.3 Å². The second kappa shape index (κ2) is 7.27. The fourth-order valence-corrected chi connectivity index (χ4v) is 3.28. The Morgan fingerprint density at radius 1 is 1.28 bits per heavy atom. The Morgan fingerprint density at radius 3 is 2.56 bits per heavy atom. The number of benzene rings is 1. The minimum atomic E-state index is -0.263. The van der Waals surface area contributed by atoms with Gasteiger partial charge in [0.25, 0.3) is 0 Å². The first-order valence-electron chi connectivity index (χ1n) is 8.74. The zero-order valence-corrected chi connectivity index (χ0v) is 15.4. The van der Waals surface area contributed by atoms with Crippen molar-refractivity contribution >= 4 is 11.8 Å². The normalized spacial score (nSPS) is 15.5. The highest BCUT2D eigenvalue weighted by molar-refractivity contribution is 5.89. The third-order valence-electron chi connectivity index (χ3n) is 4.95. The lowest BCUT2D eigenvalue weighted by atomic mass is 10.1. The molecule has 3 rings (SSSR count). The Bertz CT molecular complexity index is 752. The summed E-state index contributed by atoms with van der Waals surface area (Å²) in [4.78, 5) is 13.3. The van der Waals surface area contributed by atoms with Gasteiger partial charge >= 0.3 is 6.09 Å². The number of ether oxygens (including phenoxy) is 1. The maximum absolute atomic E-state index is 11.6. The van der Waals surface area contributed by atoms with Gasteiger partial charge in [0.05, 0.1) is 12.2 Å². The number of amides is 1. The Kier molecular flexibility index (Phi) is 5.08. The zero-order chi connectivity index (χ0) is 18.0. The molecule has 1 amide bonds. The van der Waals surface area contributed by atoms with Crippen LogP contribution in [0.3, 0.4) is 0 Å². The molecule has 1 atom stereocenters. The number of carbonyl (C=O) groups is 1. The van der Waals surface area contributed by atoms with E-state index < -0.39 is 0 Å². The quantitative estimate of drug-likeness (QED) is 0.877. The number of anilines is 1. The molecule has 2 heterocycles. The SMILES string of the molecule is Cc1nn(C)c(C)c1CCN[C@H](C)c1ccc(N2CCOC2=O)cc1. The van der Waals surface area contributed by atoms with Crippen LogP contribution in [0, 0.1) is 13.8 Å². The largest absolute Gasteiger partial charge is 0.447 e. The molecule has 1 aliphatic heterocycles. The molecule has 0 aliphatic carbocycles. The van der Waals surface area contributed by atoms with Crippen LogP contribution in [0.5, 0.6) is 0 Å². The summed E-state index contributed by atoms with van der Waals surface area (Å²) in [7, 11) is 1.99. The molecular formula is C19H26N4O2. The fourth-order valence-electron chi connectivity index (χ4n) is 3.28. The third kappa shape index (κ3) is 3.69. The second-order valence-corrected chi connectivity index (χ2v) is 6.56. The van der Waals surface area contributed by atoms with Crippen molar-refractivity contribution in [3.05, 3.63) is 46.8 Å². The van der Waals surface area contributed by atoms with Gasteiger partial charge in [-0.1, -0.05) is 12.1 Å². The van der Waals surface area contributed by atoms with E-state index in [0.717, 1.165) is 24.3 Å². The summed E-state index contributed by atoms with van der Waals surface area (Å²) in [5.41, 5.74) is 5.76. The summed E-state index contributed by atoms with van der Waals surface area (Å²) >= 11 is 0. The first kappa shape index (κ1) is 17.5. The van der Waals surface area contributed by atoms with E-state index >= 15 is 0 Å². The molecule has 2 aromatic rings. The molecule has 6 nitrogen and oxygen atoms in total. The van der Waals surface area contributed by atoms with Crippen LogP contribution in [0.2, 0.25) is 0 Å². The smallest absolute Gasteiger partial charge is 0.414 e. The maximum Gasteiger partial charge on any atom is 0.414 e. The van der Waals surface area contributed by atoms with Gasteiger partial charge in [0.15, 0.2) is 0 Å². The van der Waals surface area contributed by atoms with Crippen LogP contribution >= 0.6 is 0 Å². The molecule has 0 spiro atoms. The van der Waals surface area contributed by atoms with E-state index in [-0.39, 0.29) is 12.1 Å². The molecule has 0 unspecified atom stereocenters. The topological polar surface area (TPSA) is 59.4 Å². The number of hydrogen-bond acceptors (Lipinski definition) is 4. The van der Waals surface area contributed by atoms with Crippen LogP contribution in [-0.4, -0.2) is 35.6 Å². The molecule has 0 saturated carbocycles. The van der Waals surface area contributed by atoms with Gasteiger partial charge in [-0.05, 0) is 57.0 Å². The van der Waals surface area contributed by atoms with E-state index in [4.69, 9.17) is 4.74 Å². The van der Waals surface area contributed by atoms with Gasteiger partial charge in [0.1, 0.15) is 6.61 Å². The molecule has 1 aromatic heterocycles. The summed E-state index contributed by atoms with van der Waals surface area (Å²) in [5, 5.41) is 8.03. The molecule has 0 bridgehead atoms. The van der Waals surface area contributed by atoms with Crippen LogP contribution in [0.25, 0.3) is 0 Å². The van der Waals surface area contributed by atoms with Crippen molar-refractivity contribution in [2.24, 2.45) is 7.05 Å². The summed E-state index contributed by atoms with van der Waals surface area (Å²) in [6.07, 6.45) is 0.703. The molecule has 1 saturated heterocycles. The highest BCUT2D eigenvalue weighted by atomic mass is 16.6. The van der Waals surface area contributed by atoms with Crippen LogP contribution in [0.4, 0.5) is 10.5 Å².